The van der Waals surface area contributed by atoms with Crippen LogP contribution in [0.5, 0.6) is 0 Å². The summed E-state index contributed by atoms with van der Waals surface area (Å²) in [4.78, 5) is 4.19. The molecule has 1 rings (SSSR count). The van der Waals surface area contributed by atoms with E-state index in [2.05, 4.69) is 10.1 Å². The highest BCUT2D eigenvalue weighted by atomic mass is 16.5. The van der Waals surface area contributed by atoms with Gasteiger partial charge in [0.25, 0.3) is 0 Å². The molecule has 0 aliphatic rings. The molecule has 1 aromatic heterocycles. The average Bonchev–Trinajstić information content (AvgIpc) is 2.60. The molecule has 0 aromatic carbocycles. The fraction of sp³-hybridized carbons (Fsp3) is 0.800. The van der Waals surface area contributed by atoms with Gasteiger partial charge in [-0.05, 0) is 12.3 Å². The number of aromatic nitrogens is 2. The van der Waals surface area contributed by atoms with Gasteiger partial charge in [-0.3, -0.25) is 0 Å². The molecule has 0 aliphatic carbocycles. The van der Waals surface area contributed by atoms with Crippen LogP contribution in [0.4, 0.5) is 0 Å². The summed E-state index contributed by atoms with van der Waals surface area (Å²) in [5.74, 6) is 1.02. The highest BCUT2D eigenvalue weighted by Gasteiger charge is 2.27. The van der Waals surface area contributed by atoms with E-state index in [0.717, 1.165) is 0 Å². The van der Waals surface area contributed by atoms with E-state index >= 15 is 0 Å². The summed E-state index contributed by atoms with van der Waals surface area (Å²) in [6.45, 7) is 9.02. The van der Waals surface area contributed by atoms with E-state index in [0.29, 0.717) is 24.9 Å². The molecule has 1 aromatic rings. The largest absolute Gasteiger partial charge is 0.374 e. The van der Waals surface area contributed by atoms with Crippen molar-refractivity contribution in [3.63, 3.8) is 0 Å². The summed E-state index contributed by atoms with van der Waals surface area (Å²) >= 11 is 0. The van der Waals surface area contributed by atoms with Crippen LogP contribution >= 0.6 is 0 Å². The second-order valence-corrected chi connectivity index (χ2v) is 4.53. The van der Waals surface area contributed by atoms with Crippen molar-refractivity contribution in [2.45, 2.75) is 40.3 Å². The van der Waals surface area contributed by atoms with Gasteiger partial charge in [0.15, 0.2) is 5.82 Å². The minimum atomic E-state index is -0.250. The maximum atomic E-state index is 5.98. The number of ether oxygens (including phenoxy) is 1. The minimum Gasteiger partial charge on any atom is -0.374 e. The fourth-order valence-corrected chi connectivity index (χ4v) is 1.02. The molecule has 0 saturated carbocycles. The van der Waals surface area contributed by atoms with Crippen molar-refractivity contribution in [3.05, 3.63) is 11.7 Å². The Hall–Kier alpha value is -0.940. The van der Waals surface area contributed by atoms with Crippen LogP contribution < -0.4 is 5.73 Å². The molecule has 0 spiro atoms. The molecule has 0 saturated heterocycles. The first-order valence-corrected chi connectivity index (χ1v) is 5.11. The third-order valence-corrected chi connectivity index (χ3v) is 2.12. The zero-order chi connectivity index (χ0) is 11.5. The molecule has 0 bridgehead atoms. The summed E-state index contributed by atoms with van der Waals surface area (Å²) in [7, 11) is 0. The van der Waals surface area contributed by atoms with E-state index in [-0.39, 0.29) is 11.5 Å². The Morgan fingerprint density at radius 3 is 2.67 bits per heavy atom. The third kappa shape index (κ3) is 3.28. The van der Waals surface area contributed by atoms with Crippen LogP contribution in [0.25, 0.3) is 0 Å². The van der Waals surface area contributed by atoms with Crippen molar-refractivity contribution in [1.29, 1.82) is 0 Å². The van der Waals surface area contributed by atoms with Crippen molar-refractivity contribution in [3.8, 4) is 0 Å². The van der Waals surface area contributed by atoms with Gasteiger partial charge in [-0.15, -0.1) is 0 Å². The van der Waals surface area contributed by atoms with E-state index in [1.54, 1.807) is 0 Å². The summed E-state index contributed by atoms with van der Waals surface area (Å²) in [6, 6.07) is -0.250. The predicted octanol–water partition coefficient (Wildman–Crippen LogP) is 1.65. The first-order chi connectivity index (χ1) is 6.95. The van der Waals surface area contributed by atoms with Crippen LogP contribution in [0, 0.1) is 5.41 Å². The zero-order valence-corrected chi connectivity index (χ0v) is 9.78. The summed E-state index contributed by atoms with van der Waals surface area (Å²) in [6.07, 6.45) is 0. The Kier molecular flexibility index (Phi) is 3.82. The van der Waals surface area contributed by atoms with Crippen LogP contribution in [0.3, 0.4) is 0 Å². The summed E-state index contributed by atoms with van der Waals surface area (Å²) in [5, 5.41) is 3.80. The molecule has 5 heteroatoms. The number of nitrogens with two attached hydrogens (primary N) is 1. The van der Waals surface area contributed by atoms with Crippen molar-refractivity contribution in [1.82, 2.24) is 10.1 Å². The Labute approximate surface area is 90.0 Å². The standard InChI is InChI=1S/C10H19N3O2/c1-5-14-6-7-12-9(15-13-7)8(11)10(2,3)4/h8H,5-6,11H2,1-4H3/t8-/m0/s1. The smallest absolute Gasteiger partial charge is 0.244 e. The maximum Gasteiger partial charge on any atom is 0.244 e. The molecule has 0 radical (unpaired) electrons. The van der Waals surface area contributed by atoms with Gasteiger partial charge in [0, 0.05) is 6.61 Å². The van der Waals surface area contributed by atoms with Crippen LogP contribution in [0.2, 0.25) is 0 Å². The number of hydrogen-bond acceptors (Lipinski definition) is 5. The maximum absolute atomic E-state index is 5.98. The van der Waals surface area contributed by atoms with E-state index < -0.39 is 0 Å². The molecule has 0 aliphatic heterocycles. The van der Waals surface area contributed by atoms with Gasteiger partial charge in [0.2, 0.25) is 5.89 Å². The quantitative estimate of drug-likeness (QED) is 0.823. The monoisotopic (exact) mass is 213 g/mol. The lowest BCUT2D eigenvalue weighted by atomic mass is 9.87. The molecule has 86 valence electrons. The lowest BCUT2D eigenvalue weighted by Crippen LogP contribution is -2.26. The lowest BCUT2D eigenvalue weighted by Gasteiger charge is -2.23. The van der Waals surface area contributed by atoms with Crippen LogP contribution in [0.1, 0.15) is 45.5 Å². The first kappa shape index (κ1) is 12.1. The molecule has 2 N–H and O–H groups in total. The number of hydrogen-bond donors (Lipinski definition) is 1. The van der Waals surface area contributed by atoms with Gasteiger partial charge in [-0.25, -0.2) is 0 Å². The third-order valence-electron chi connectivity index (χ3n) is 2.12. The highest BCUT2D eigenvalue weighted by Crippen LogP contribution is 2.29. The number of nitrogens with zero attached hydrogens (tertiary/aromatic N) is 2. The van der Waals surface area contributed by atoms with E-state index in [1.165, 1.54) is 0 Å². The van der Waals surface area contributed by atoms with Crippen molar-refractivity contribution in [2.24, 2.45) is 11.1 Å². The van der Waals surface area contributed by atoms with Gasteiger partial charge in [0.05, 0.1) is 6.04 Å². The Morgan fingerprint density at radius 1 is 1.47 bits per heavy atom. The van der Waals surface area contributed by atoms with Gasteiger partial charge in [-0.1, -0.05) is 25.9 Å². The molecule has 1 heterocycles. The SMILES string of the molecule is CCOCc1noc([C@H](N)C(C)(C)C)n1. The molecule has 15 heavy (non-hydrogen) atoms. The first-order valence-electron chi connectivity index (χ1n) is 5.11. The summed E-state index contributed by atoms with van der Waals surface area (Å²) < 4.78 is 10.3. The van der Waals surface area contributed by atoms with Crippen molar-refractivity contribution in [2.75, 3.05) is 6.61 Å². The molecule has 1 atom stereocenters. The molecular formula is C10H19N3O2. The van der Waals surface area contributed by atoms with E-state index in [4.69, 9.17) is 15.0 Å². The van der Waals surface area contributed by atoms with Crippen molar-refractivity contribution >= 4 is 0 Å². The van der Waals surface area contributed by atoms with Gasteiger partial charge in [0.1, 0.15) is 6.61 Å². The normalized spacial score (nSPS) is 14.2. The Morgan fingerprint density at radius 2 is 2.13 bits per heavy atom. The van der Waals surface area contributed by atoms with Gasteiger partial charge >= 0.3 is 0 Å². The fourth-order valence-electron chi connectivity index (χ4n) is 1.02. The second-order valence-electron chi connectivity index (χ2n) is 4.53. The molecule has 0 unspecified atom stereocenters. The predicted molar refractivity (Wildman–Crippen MR) is 56.0 cm³/mol. The Bertz CT molecular complexity index is 304. The molecular weight excluding hydrogens is 194 g/mol. The molecule has 5 nitrogen and oxygen atoms in total. The van der Waals surface area contributed by atoms with Crippen molar-refractivity contribution < 1.29 is 9.26 Å². The Balaban J connectivity index is 2.67. The minimum absolute atomic E-state index is 0.0879. The van der Waals surface area contributed by atoms with Gasteiger partial charge < -0.3 is 15.0 Å². The zero-order valence-electron chi connectivity index (χ0n) is 9.78. The number of rotatable bonds is 4. The lowest BCUT2D eigenvalue weighted by molar-refractivity contribution is 0.126. The molecule has 0 amide bonds. The van der Waals surface area contributed by atoms with Crippen LogP contribution in [0.15, 0.2) is 4.52 Å². The van der Waals surface area contributed by atoms with E-state index in [9.17, 15) is 0 Å². The average molecular weight is 213 g/mol. The van der Waals surface area contributed by atoms with Gasteiger partial charge in [-0.2, -0.15) is 4.98 Å². The highest BCUT2D eigenvalue weighted by molar-refractivity contribution is 4.95. The molecule has 0 fully saturated rings. The second kappa shape index (κ2) is 4.72. The topological polar surface area (TPSA) is 74.2 Å². The summed E-state index contributed by atoms with van der Waals surface area (Å²) in [5.41, 5.74) is 5.89. The van der Waals surface area contributed by atoms with Crippen LogP contribution in [-0.2, 0) is 11.3 Å². The van der Waals surface area contributed by atoms with E-state index in [1.807, 2.05) is 27.7 Å². The van der Waals surface area contributed by atoms with Crippen LogP contribution in [-0.4, -0.2) is 16.7 Å².